The topological polar surface area (TPSA) is 8.17 Å². The van der Waals surface area contributed by atoms with E-state index in [0.29, 0.717) is 5.41 Å². The first-order chi connectivity index (χ1) is 28.7. The molecule has 0 amide bonds. The highest BCUT2D eigenvalue weighted by atomic mass is 15.1. The van der Waals surface area contributed by atoms with E-state index in [1.165, 1.54) is 103 Å². The lowest BCUT2D eigenvalue weighted by atomic mass is 9.53. The van der Waals surface area contributed by atoms with E-state index < -0.39 is 0 Å². The van der Waals surface area contributed by atoms with Crippen LogP contribution in [0.25, 0.3) is 60.5 Å². The van der Waals surface area contributed by atoms with Crippen LogP contribution in [0.5, 0.6) is 0 Å². The summed E-state index contributed by atoms with van der Waals surface area (Å²) in [7, 11) is 0. The van der Waals surface area contributed by atoms with Gasteiger partial charge in [-0.15, -0.1) is 0 Å². The minimum atomic E-state index is 0.312. The molecule has 0 bridgehead atoms. The predicted octanol–water partition coefficient (Wildman–Crippen LogP) is 14.7. The number of aromatic nitrogens is 1. The van der Waals surface area contributed by atoms with Crippen molar-refractivity contribution >= 4 is 49.6 Å². The van der Waals surface area contributed by atoms with Gasteiger partial charge in [-0.3, -0.25) is 0 Å². The van der Waals surface area contributed by atoms with E-state index >= 15 is 0 Å². The van der Waals surface area contributed by atoms with Crippen LogP contribution in [0.3, 0.4) is 0 Å². The van der Waals surface area contributed by atoms with Gasteiger partial charge in [0.2, 0.25) is 0 Å². The van der Waals surface area contributed by atoms with Gasteiger partial charge in [-0.25, -0.2) is 0 Å². The zero-order valence-electron chi connectivity index (χ0n) is 32.5. The second kappa shape index (κ2) is 12.3. The summed E-state index contributed by atoms with van der Waals surface area (Å²) in [4.78, 5) is 2.57. The molecule has 1 aromatic heterocycles. The molecule has 13 rings (SSSR count). The maximum atomic E-state index is 2.57. The summed E-state index contributed by atoms with van der Waals surface area (Å²) in [6, 6.07) is 70.2. The number of hydrogen-bond acceptors (Lipinski definition) is 1. The second-order valence-corrected chi connectivity index (χ2v) is 17.8. The fourth-order valence-electron chi connectivity index (χ4n) is 12.9. The van der Waals surface area contributed by atoms with Gasteiger partial charge in [0.25, 0.3) is 0 Å². The minimum Gasteiger partial charge on any atom is -0.310 e. The molecule has 2 heteroatoms. The minimum absolute atomic E-state index is 0.312. The van der Waals surface area contributed by atoms with Gasteiger partial charge in [-0.1, -0.05) is 133 Å². The first-order valence-corrected chi connectivity index (χ1v) is 21.4. The summed E-state index contributed by atoms with van der Waals surface area (Å²) in [5.74, 6) is 4.69. The molecular weight excluding hydrogens is 701 g/mol. The fraction of sp³-hybridized carbons (Fsp3) is 0.179. The lowest BCUT2D eigenvalue weighted by Crippen LogP contribution is -2.47. The fourth-order valence-corrected chi connectivity index (χ4v) is 12.9. The molecule has 8 aromatic carbocycles. The zero-order chi connectivity index (χ0) is 38.0. The molecule has 1 heterocycles. The highest BCUT2D eigenvalue weighted by molar-refractivity contribution is 6.09. The van der Waals surface area contributed by atoms with Crippen LogP contribution in [-0.4, -0.2) is 4.57 Å². The van der Waals surface area contributed by atoms with Crippen LogP contribution < -0.4 is 4.90 Å². The van der Waals surface area contributed by atoms with Crippen LogP contribution in [0, 0.1) is 29.6 Å². The van der Waals surface area contributed by atoms with Gasteiger partial charge >= 0.3 is 0 Å². The van der Waals surface area contributed by atoms with Crippen molar-refractivity contribution in [1.82, 2.24) is 4.57 Å². The van der Waals surface area contributed by atoms with E-state index in [1.807, 2.05) is 0 Å². The molecule has 0 aliphatic heterocycles. The third kappa shape index (κ3) is 4.60. The largest absolute Gasteiger partial charge is 0.310 e. The molecule has 4 aliphatic carbocycles. The lowest BCUT2D eigenvalue weighted by Gasteiger charge is -2.52. The van der Waals surface area contributed by atoms with E-state index in [9.17, 15) is 0 Å². The Bertz CT molecular complexity index is 3010. The number of para-hydroxylation sites is 4. The van der Waals surface area contributed by atoms with Crippen molar-refractivity contribution in [3.05, 3.63) is 194 Å². The van der Waals surface area contributed by atoms with E-state index in [0.717, 1.165) is 29.6 Å². The first kappa shape index (κ1) is 32.7. The summed E-state index contributed by atoms with van der Waals surface area (Å²) in [5, 5.41) is 5.12. The molecule has 4 fully saturated rings. The molecule has 58 heavy (non-hydrogen) atoms. The van der Waals surface area contributed by atoms with Crippen molar-refractivity contribution < 1.29 is 0 Å². The molecular formula is C56H44N2. The van der Waals surface area contributed by atoms with Crippen molar-refractivity contribution in [2.75, 3.05) is 4.90 Å². The third-order valence-electron chi connectivity index (χ3n) is 15.2. The summed E-state index contributed by atoms with van der Waals surface area (Å²) in [6.07, 6.45) is 5.69. The Morgan fingerprint density at radius 1 is 0.466 bits per heavy atom. The molecule has 0 N–H and O–H groups in total. The van der Waals surface area contributed by atoms with Crippen LogP contribution in [0.2, 0.25) is 0 Å². The summed E-state index contributed by atoms with van der Waals surface area (Å²) < 4.78 is 2.45. The predicted molar refractivity (Wildman–Crippen MR) is 241 cm³/mol. The summed E-state index contributed by atoms with van der Waals surface area (Å²) in [6.45, 7) is 0. The Balaban J connectivity index is 0.935. The Morgan fingerprint density at radius 3 is 1.83 bits per heavy atom. The standard InChI is InChI=1S/C56H44N2/c1-2-12-39-31-40(22-21-36(39)11-1)37-23-27-44(28-24-37)57(53-20-10-6-16-49(53)56-34-42-32-41-33-43(35-56)55(56)54(41)42)45-29-25-38(26-30-45)46-13-3-7-17-50(46)58-51-18-8-4-14-47(51)48-15-5-9-19-52(48)58/h1-31,41-43,54-55H,32-35H2/t41-,42?,43?,54+,55?,56-/m1/s1. The number of anilines is 3. The average Bonchev–Trinajstić information content (AvgIpc) is 3.80. The van der Waals surface area contributed by atoms with Gasteiger partial charge < -0.3 is 9.47 Å². The maximum Gasteiger partial charge on any atom is 0.0541 e. The third-order valence-corrected chi connectivity index (χ3v) is 15.2. The Kier molecular flexibility index (Phi) is 6.94. The van der Waals surface area contributed by atoms with Gasteiger partial charge in [-0.05, 0) is 143 Å². The molecule has 4 aliphatic rings. The summed E-state index contributed by atoms with van der Waals surface area (Å²) >= 11 is 0. The number of fused-ring (bicyclic) bond motifs is 4. The highest BCUT2D eigenvalue weighted by Crippen LogP contribution is 2.79. The van der Waals surface area contributed by atoms with Crippen molar-refractivity contribution in [3.63, 3.8) is 0 Å². The maximum absolute atomic E-state index is 2.57. The lowest BCUT2D eigenvalue weighted by molar-refractivity contribution is 0.0688. The molecule has 0 saturated heterocycles. The summed E-state index contributed by atoms with van der Waals surface area (Å²) in [5.41, 5.74) is 14.2. The van der Waals surface area contributed by atoms with Crippen LogP contribution in [0.4, 0.5) is 17.1 Å². The second-order valence-electron chi connectivity index (χ2n) is 17.8. The SMILES string of the molecule is c1ccc(-n2c3ccccc3c3ccccc32)c(-c2ccc(N(c3ccc(-c4ccc5ccccc5c4)cc3)c3ccccc3[C@]34CC5C[C@H]6CC(C3)[C@H]6C54)cc2)c1. The molecule has 0 spiro atoms. The number of nitrogens with zero attached hydrogens (tertiary/aromatic N) is 2. The molecule has 2 nitrogen and oxygen atoms in total. The van der Waals surface area contributed by atoms with Crippen molar-refractivity contribution in [1.29, 1.82) is 0 Å². The zero-order valence-corrected chi connectivity index (χ0v) is 32.5. The molecule has 3 unspecified atom stereocenters. The smallest absolute Gasteiger partial charge is 0.0541 e. The molecule has 6 atom stereocenters. The van der Waals surface area contributed by atoms with Gasteiger partial charge in [0.15, 0.2) is 0 Å². The van der Waals surface area contributed by atoms with Gasteiger partial charge in [0.1, 0.15) is 0 Å². The Hall–Kier alpha value is -6.38. The van der Waals surface area contributed by atoms with Crippen LogP contribution in [-0.2, 0) is 5.41 Å². The van der Waals surface area contributed by atoms with Crippen molar-refractivity contribution in [2.45, 2.75) is 31.1 Å². The number of hydrogen-bond donors (Lipinski definition) is 0. The highest BCUT2D eigenvalue weighted by Gasteiger charge is 2.73. The Morgan fingerprint density at radius 2 is 1.05 bits per heavy atom. The van der Waals surface area contributed by atoms with Crippen LogP contribution in [0.1, 0.15) is 31.2 Å². The van der Waals surface area contributed by atoms with Crippen LogP contribution in [0.15, 0.2) is 188 Å². The van der Waals surface area contributed by atoms with Crippen LogP contribution >= 0.6 is 0 Å². The van der Waals surface area contributed by atoms with Crippen molar-refractivity contribution in [2.24, 2.45) is 29.6 Å². The quantitative estimate of drug-likeness (QED) is 0.158. The monoisotopic (exact) mass is 744 g/mol. The molecule has 9 aromatic rings. The molecule has 0 radical (unpaired) electrons. The van der Waals surface area contributed by atoms with E-state index in [1.54, 1.807) is 5.56 Å². The Labute approximate surface area is 340 Å². The van der Waals surface area contributed by atoms with Gasteiger partial charge in [0, 0.05) is 38.8 Å². The number of benzene rings is 8. The number of rotatable bonds is 7. The van der Waals surface area contributed by atoms with E-state index in [2.05, 4.69) is 198 Å². The molecule has 278 valence electrons. The molecule has 4 saturated carbocycles. The van der Waals surface area contributed by atoms with E-state index in [-0.39, 0.29) is 0 Å². The average molecular weight is 745 g/mol. The first-order valence-electron chi connectivity index (χ1n) is 21.4. The van der Waals surface area contributed by atoms with Crippen molar-refractivity contribution in [3.8, 4) is 27.9 Å². The van der Waals surface area contributed by atoms with Gasteiger partial charge in [-0.2, -0.15) is 0 Å². The normalized spacial score (nSPS) is 23.8. The van der Waals surface area contributed by atoms with E-state index in [4.69, 9.17) is 0 Å². The van der Waals surface area contributed by atoms with Gasteiger partial charge in [0.05, 0.1) is 16.7 Å².